The molecule has 0 radical (unpaired) electrons. The summed E-state index contributed by atoms with van der Waals surface area (Å²) in [4.78, 5) is 0. The van der Waals surface area contributed by atoms with Gasteiger partial charge in [0.05, 0.1) is 6.61 Å². The number of aliphatic hydroxyl groups excluding tert-OH is 5. The molecule has 1 aliphatic heterocycles. The molecular weight excluding hydrogens is 168 g/mol. The van der Waals surface area contributed by atoms with E-state index in [0.717, 1.165) is 0 Å². The van der Waals surface area contributed by atoms with Gasteiger partial charge < -0.3 is 30.3 Å². The van der Waals surface area contributed by atoms with Crippen LogP contribution < -0.4 is 0 Å². The van der Waals surface area contributed by atoms with Gasteiger partial charge in [0.15, 0.2) is 6.29 Å². The van der Waals surface area contributed by atoms with Crippen LogP contribution in [0.25, 0.3) is 0 Å². The quantitative estimate of drug-likeness (QED) is 0.290. The Hall–Kier alpha value is -0.240. The fraction of sp³-hybridized carbons (Fsp3) is 1.00. The lowest BCUT2D eigenvalue weighted by atomic mass is 10.00. The predicted molar refractivity (Wildman–Crippen MR) is 36.0 cm³/mol. The molecule has 72 valence electrons. The van der Waals surface area contributed by atoms with E-state index in [1.165, 1.54) is 0 Å². The van der Waals surface area contributed by atoms with Crippen LogP contribution in [-0.4, -0.2) is 62.8 Å². The van der Waals surface area contributed by atoms with E-state index in [2.05, 4.69) is 4.74 Å². The molecule has 2 unspecified atom stereocenters. The van der Waals surface area contributed by atoms with Gasteiger partial charge in [-0.05, 0) is 0 Å². The molecule has 1 saturated heterocycles. The Morgan fingerprint density at radius 2 is 1.50 bits per heavy atom. The van der Waals surface area contributed by atoms with Gasteiger partial charge in [-0.15, -0.1) is 0 Å². The monoisotopic (exact) mass is 180 g/mol. The van der Waals surface area contributed by atoms with Crippen molar-refractivity contribution in [2.24, 2.45) is 0 Å². The summed E-state index contributed by atoms with van der Waals surface area (Å²) in [5, 5.41) is 44.7. The first-order valence-corrected chi connectivity index (χ1v) is 3.56. The van der Waals surface area contributed by atoms with Crippen LogP contribution in [0.1, 0.15) is 0 Å². The van der Waals surface area contributed by atoms with Crippen molar-refractivity contribution >= 4 is 0 Å². The fourth-order valence-electron chi connectivity index (χ4n) is 1.08. The van der Waals surface area contributed by atoms with Gasteiger partial charge in [-0.25, -0.2) is 0 Å². The maximum absolute atomic E-state index is 9.12. The normalized spacial score (nSPS) is 49.2. The molecule has 0 spiro atoms. The van der Waals surface area contributed by atoms with E-state index in [1.54, 1.807) is 0 Å². The molecule has 12 heavy (non-hydrogen) atoms. The molecule has 1 aliphatic rings. The molecule has 1 heterocycles. The number of ether oxygens (including phenoxy) is 1. The topological polar surface area (TPSA) is 110 Å². The van der Waals surface area contributed by atoms with Crippen molar-refractivity contribution in [1.29, 1.82) is 0 Å². The summed E-state index contributed by atoms with van der Waals surface area (Å²) in [5.41, 5.74) is 0. The largest absolute Gasteiger partial charge is 0.394 e. The van der Waals surface area contributed by atoms with Crippen LogP contribution in [0.3, 0.4) is 0 Å². The zero-order valence-corrected chi connectivity index (χ0v) is 6.24. The average molecular weight is 180 g/mol. The summed E-state index contributed by atoms with van der Waals surface area (Å²) < 4.78 is 4.58. The van der Waals surface area contributed by atoms with Crippen molar-refractivity contribution in [3.63, 3.8) is 0 Å². The maximum Gasteiger partial charge on any atom is 0.184 e. The maximum atomic E-state index is 9.12. The molecule has 0 bridgehead atoms. The van der Waals surface area contributed by atoms with Gasteiger partial charge in [-0.3, -0.25) is 0 Å². The third-order valence-corrected chi connectivity index (χ3v) is 1.87. The van der Waals surface area contributed by atoms with Gasteiger partial charge in [0.25, 0.3) is 0 Å². The zero-order chi connectivity index (χ0) is 9.30. The van der Waals surface area contributed by atoms with Crippen LogP contribution in [0.5, 0.6) is 0 Å². The Kier molecular flexibility index (Phi) is 2.99. The van der Waals surface area contributed by atoms with Crippen LogP contribution in [0, 0.1) is 0 Å². The summed E-state index contributed by atoms with van der Waals surface area (Å²) in [7, 11) is 0. The smallest absolute Gasteiger partial charge is 0.184 e. The van der Waals surface area contributed by atoms with Crippen molar-refractivity contribution < 1.29 is 30.3 Å². The zero-order valence-electron chi connectivity index (χ0n) is 6.24. The minimum atomic E-state index is -1.57. The Balaban J connectivity index is 2.63. The molecule has 0 amide bonds. The van der Waals surface area contributed by atoms with Crippen LogP contribution in [0.15, 0.2) is 0 Å². The van der Waals surface area contributed by atoms with Gasteiger partial charge >= 0.3 is 0 Å². The van der Waals surface area contributed by atoms with Crippen molar-refractivity contribution in [2.75, 3.05) is 6.61 Å². The molecule has 0 aromatic heterocycles. The first kappa shape index (κ1) is 9.85. The summed E-state index contributed by atoms with van der Waals surface area (Å²) in [6, 6.07) is 0. The van der Waals surface area contributed by atoms with Gasteiger partial charge in [0.2, 0.25) is 0 Å². The second-order valence-electron chi connectivity index (χ2n) is 2.72. The summed E-state index contributed by atoms with van der Waals surface area (Å²) >= 11 is 0. The molecule has 0 aromatic rings. The minimum absolute atomic E-state index is 0.526. The highest BCUT2D eigenvalue weighted by Crippen LogP contribution is 2.18. The van der Waals surface area contributed by atoms with Crippen molar-refractivity contribution in [3.8, 4) is 0 Å². The van der Waals surface area contributed by atoms with E-state index < -0.39 is 37.3 Å². The molecular formula is C6H12O6. The highest BCUT2D eigenvalue weighted by molar-refractivity contribution is 4.87. The lowest BCUT2D eigenvalue weighted by Crippen LogP contribution is -2.58. The van der Waals surface area contributed by atoms with Crippen LogP contribution in [0.2, 0.25) is 0 Å². The Labute approximate surface area is 68.6 Å². The average Bonchev–Trinajstić information content (AvgIpc) is 2.08. The van der Waals surface area contributed by atoms with E-state index in [1.807, 2.05) is 0 Å². The Bertz CT molecular complexity index is 146. The summed E-state index contributed by atoms with van der Waals surface area (Å²) in [5.74, 6) is 0. The van der Waals surface area contributed by atoms with Gasteiger partial charge in [-0.2, -0.15) is 0 Å². The molecule has 6 heteroatoms. The lowest BCUT2D eigenvalue weighted by molar-refractivity contribution is -0.286. The van der Waals surface area contributed by atoms with Crippen LogP contribution in [-0.2, 0) is 4.74 Å². The number of rotatable bonds is 1. The van der Waals surface area contributed by atoms with Crippen molar-refractivity contribution in [2.45, 2.75) is 30.7 Å². The number of aliphatic hydroxyl groups is 5. The summed E-state index contributed by atoms with van der Waals surface area (Å²) in [6.07, 6.45) is -7.04. The Morgan fingerprint density at radius 1 is 0.917 bits per heavy atom. The van der Waals surface area contributed by atoms with E-state index in [4.69, 9.17) is 25.5 Å². The number of hydrogen-bond donors (Lipinski definition) is 5. The Morgan fingerprint density at radius 3 is 2.00 bits per heavy atom. The molecule has 6 nitrogen and oxygen atoms in total. The molecule has 5 atom stereocenters. The number of hydrogen-bond acceptors (Lipinski definition) is 6. The van der Waals surface area contributed by atoms with Crippen LogP contribution in [0.4, 0.5) is 0 Å². The highest BCUT2D eigenvalue weighted by atomic mass is 16.6. The fourth-order valence-corrected chi connectivity index (χ4v) is 1.08. The predicted octanol–water partition coefficient (Wildman–Crippen LogP) is -3.22. The standard InChI is InChI=1S/C6H12O6/c7-1-2-3(8)4(9)5(10)6(11)12-2/h2-11H,1H2/t2-,3?,4-,5-,6?/m1/s1. The van der Waals surface area contributed by atoms with E-state index in [0.29, 0.717) is 0 Å². The SMILES string of the molecule is OC[C@H]1OC(O)[C@H](O)[C@H](O)C1O. The first-order chi connectivity index (χ1) is 5.57. The molecule has 0 aliphatic carbocycles. The molecule has 0 aromatic carbocycles. The van der Waals surface area contributed by atoms with Crippen molar-refractivity contribution in [3.05, 3.63) is 0 Å². The third kappa shape index (κ3) is 1.58. The molecule has 1 rings (SSSR count). The second-order valence-corrected chi connectivity index (χ2v) is 2.72. The second kappa shape index (κ2) is 3.65. The molecule has 0 saturated carbocycles. The van der Waals surface area contributed by atoms with E-state index >= 15 is 0 Å². The third-order valence-electron chi connectivity index (χ3n) is 1.87. The molecule has 1 fully saturated rings. The van der Waals surface area contributed by atoms with Crippen molar-refractivity contribution in [1.82, 2.24) is 0 Å². The van der Waals surface area contributed by atoms with E-state index in [-0.39, 0.29) is 0 Å². The van der Waals surface area contributed by atoms with Crippen LogP contribution >= 0.6 is 0 Å². The van der Waals surface area contributed by atoms with Gasteiger partial charge in [-0.1, -0.05) is 0 Å². The first-order valence-electron chi connectivity index (χ1n) is 3.56. The lowest BCUT2D eigenvalue weighted by Gasteiger charge is -2.37. The van der Waals surface area contributed by atoms with Gasteiger partial charge in [0.1, 0.15) is 24.4 Å². The molecule has 5 N–H and O–H groups in total. The highest BCUT2D eigenvalue weighted by Gasteiger charge is 2.42. The van der Waals surface area contributed by atoms with E-state index in [9.17, 15) is 0 Å². The summed E-state index contributed by atoms with van der Waals surface area (Å²) in [6.45, 7) is -0.526. The minimum Gasteiger partial charge on any atom is -0.394 e. The van der Waals surface area contributed by atoms with Gasteiger partial charge in [0, 0.05) is 0 Å².